The van der Waals surface area contributed by atoms with Gasteiger partial charge in [0.25, 0.3) is 0 Å². The van der Waals surface area contributed by atoms with Crippen molar-refractivity contribution in [1.29, 1.82) is 0 Å². The van der Waals surface area contributed by atoms with E-state index in [-0.39, 0.29) is 5.92 Å². The van der Waals surface area contributed by atoms with Crippen LogP contribution in [-0.4, -0.2) is 22.2 Å². The summed E-state index contributed by atoms with van der Waals surface area (Å²) in [4.78, 5) is 22.9. The molecule has 0 saturated carbocycles. The normalized spacial score (nSPS) is 12.9. The lowest BCUT2D eigenvalue weighted by Gasteiger charge is -2.24. The van der Waals surface area contributed by atoms with Crippen LogP contribution in [0.25, 0.3) is 0 Å². The molecule has 0 spiro atoms. The Labute approximate surface area is 262 Å². The van der Waals surface area contributed by atoms with E-state index in [4.69, 9.17) is 5.11 Å². The standard InChI is InChI=1S/C38H74O4/c1-3-5-7-9-10-11-12-13-14-15-16-19-22-25-29-33-36(38(41)42)35(31-27-8-6-4-2)32-28-24-21-18-17-20-23-26-30-34-37(39)40/h35-36H,3-34H2,1-2H3,(H,39,40)(H,41,42). The molecular formula is C38H74O4. The van der Waals surface area contributed by atoms with Crippen LogP contribution >= 0.6 is 0 Å². The molecular weight excluding hydrogens is 520 g/mol. The predicted molar refractivity (Wildman–Crippen MR) is 181 cm³/mol. The van der Waals surface area contributed by atoms with Crippen molar-refractivity contribution < 1.29 is 19.8 Å². The number of carboxylic acid groups (broad SMARTS) is 2. The molecule has 0 aliphatic rings. The van der Waals surface area contributed by atoms with Crippen LogP contribution in [0, 0.1) is 11.8 Å². The van der Waals surface area contributed by atoms with Crippen LogP contribution in [0.4, 0.5) is 0 Å². The van der Waals surface area contributed by atoms with Crippen LogP contribution in [0.2, 0.25) is 0 Å². The van der Waals surface area contributed by atoms with E-state index in [2.05, 4.69) is 13.8 Å². The third-order valence-electron chi connectivity index (χ3n) is 9.40. The first-order valence-electron chi connectivity index (χ1n) is 19.0. The average Bonchev–Trinajstić information content (AvgIpc) is 2.96. The van der Waals surface area contributed by atoms with Crippen LogP contribution < -0.4 is 0 Å². The number of carboxylic acids is 2. The van der Waals surface area contributed by atoms with E-state index in [9.17, 15) is 14.7 Å². The molecule has 0 aromatic carbocycles. The minimum absolute atomic E-state index is 0.153. The Morgan fingerprint density at radius 3 is 1.02 bits per heavy atom. The van der Waals surface area contributed by atoms with Gasteiger partial charge in [0.2, 0.25) is 0 Å². The average molecular weight is 595 g/mol. The molecule has 0 bridgehead atoms. The number of hydrogen-bond donors (Lipinski definition) is 2. The maximum Gasteiger partial charge on any atom is 0.306 e. The highest BCUT2D eigenvalue weighted by atomic mass is 16.4. The minimum atomic E-state index is -0.682. The summed E-state index contributed by atoms with van der Waals surface area (Å²) in [6.45, 7) is 4.52. The van der Waals surface area contributed by atoms with Crippen molar-refractivity contribution in [3.63, 3.8) is 0 Å². The molecule has 0 amide bonds. The number of unbranched alkanes of at least 4 members (excludes halogenated alkanes) is 25. The zero-order valence-electron chi connectivity index (χ0n) is 28.5. The van der Waals surface area contributed by atoms with Crippen LogP contribution in [0.1, 0.15) is 219 Å². The first-order valence-corrected chi connectivity index (χ1v) is 19.0. The Hall–Kier alpha value is -1.06. The maximum absolute atomic E-state index is 12.3. The molecule has 0 aromatic rings. The highest BCUT2D eigenvalue weighted by molar-refractivity contribution is 5.70. The minimum Gasteiger partial charge on any atom is -0.481 e. The molecule has 2 unspecified atom stereocenters. The van der Waals surface area contributed by atoms with Gasteiger partial charge >= 0.3 is 11.9 Å². The highest BCUT2D eigenvalue weighted by Crippen LogP contribution is 2.30. The van der Waals surface area contributed by atoms with Crippen molar-refractivity contribution in [2.24, 2.45) is 11.8 Å². The lowest BCUT2D eigenvalue weighted by Crippen LogP contribution is -2.24. The molecule has 2 atom stereocenters. The van der Waals surface area contributed by atoms with Gasteiger partial charge in [-0.3, -0.25) is 9.59 Å². The van der Waals surface area contributed by atoms with Gasteiger partial charge in [0.05, 0.1) is 5.92 Å². The van der Waals surface area contributed by atoms with Crippen molar-refractivity contribution in [1.82, 2.24) is 0 Å². The summed E-state index contributed by atoms with van der Waals surface area (Å²) in [6.07, 6.45) is 38.8. The van der Waals surface area contributed by atoms with Crippen LogP contribution in [-0.2, 0) is 9.59 Å². The fraction of sp³-hybridized carbons (Fsp3) is 0.947. The van der Waals surface area contributed by atoms with Crippen molar-refractivity contribution in [2.45, 2.75) is 219 Å². The summed E-state index contributed by atoms with van der Waals surface area (Å²) < 4.78 is 0. The van der Waals surface area contributed by atoms with E-state index in [1.54, 1.807) is 0 Å². The Balaban J connectivity index is 4.07. The van der Waals surface area contributed by atoms with E-state index in [0.29, 0.717) is 12.3 Å². The third-order valence-corrected chi connectivity index (χ3v) is 9.40. The van der Waals surface area contributed by atoms with Gasteiger partial charge in [0.15, 0.2) is 0 Å². The summed E-state index contributed by atoms with van der Waals surface area (Å²) >= 11 is 0. The van der Waals surface area contributed by atoms with Gasteiger partial charge in [-0.25, -0.2) is 0 Å². The molecule has 42 heavy (non-hydrogen) atoms. The molecule has 0 heterocycles. The second kappa shape index (κ2) is 32.8. The smallest absolute Gasteiger partial charge is 0.306 e. The number of rotatable bonds is 35. The van der Waals surface area contributed by atoms with E-state index in [1.165, 1.54) is 154 Å². The molecule has 4 heteroatoms. The molecule has 0 fully saturated rings. The predicted octanol–water partition coefficient (Wildman–Crippen LogP) is 12.9. The lowest BCUT2D eigenvalue weighted by molar-refractivity contribution is -0.144. The summed E-state index contributed by atoms with van der Waals surface area (Å²) in [5.41, 5.74) is 0. The number of hydrogen-bond acceptors (Lipinski definition) is 2. The van der Waals surface area contributed by atoms with E-state index < -0.39 is 11.9 Å². The quantitative estimate of drug-likeness (QED) is 0.0716. The third kappa shape index (κ3) is 29.0. The second-order valence-electron chi connectivity index (χ2n) is 13.4. The van der Waals surface area contributed by atoms with E-state index in [0.717, 1.165) is 44.9 Å². The van der Waals surface area contributed by atoms with Crippen molar-refractivity contribution in [3.8, 4) is 0 Å². The highest BCUT2D eigenvalue weighted by Gasteiger charge is 2.26. The van der Waals surface area contributed by atoms with E-state index >= 15 is 0 Å². The fourth-order valence-corrected chi connectivity index (χ4v) is 6.60. The summed E-state index contributed by atoms with van der Waals surface area (Å²) in [6, 6.07) is 0. The SMILES string of the molecule is CCCCCCCCCCCCCCCCCC(C(=O)O)C(CCCCCC)CCCCCCCCCCCC(=O)O. The van der Waals surface area contributed by atoms with Gasteiger partial charge in [0, 0.05) is 6.42 Å². The monoisotopic (exact) mass is 595 g/mol. The number of carbonyl (C=O) groups is 2. The van der Waals surface area contributed by atoms with Crippen molar-refractivity contribution in [3.05, 3.63) is 0 Å². The lowest BCUT2D eigenvalue weighted by atomic mass is 9.80. The summed E-state index contributed by atoms with van der Waals surface area (Å²) in [5.74, 6) is -1.04. The van der Waals surface area contributed by atoms with E-state index in [1.807, 2.05) is 0 Å². The van der Waals surface area contributed by atoms with Gasteiger partial charge in [0.1, 0.15) is 0 Å². The summed E-state index contributed by atoms with van der Waals surface area (Å²) in [5, 5.41) is 18.8. The fourth-order valence-electron chi connectivity index (χ4n) is 6.60. The zero-order valence-corrected chi connectivity index (χ0v) is 28.5. The van der Waals surface area contributed by atoms with Gasteiger partial charge < -0.3 is 10.2 Å². The van der Waals surface area contributed by atoms with Gasteiger partial charge in [-0.15, -0.1) is 0 Å². The van der Waals surface area contributed by atoms with Crippen molar-refractivity contribution >= 4 is 11.9 Å². The largest absolute Gasteiger partial charge is 0.481 e. The molecule has 0 radical (unpaired) electrons. The molecule has 0 aliphatic heterocycles. The Bertz CT molecular complexity index is 575. The number of aliphatic carboxylic acids is 2. The molecule has 250 valence electrons. The summed E-state index contributed by atoms with van der Waals surface area (Å²) in [7, 11) is 0. The van der Waals surface area contributed by atoms with Gasteiger partial charge in [-0.1, -0.05) is 187 Å². The van der Waals surface area contributed by atoms with Crippen LogP contribution in [0.3, 0.4) is 0 Å². The molecule has 2 N–H and O–H groups in total. The van der Waals surface area contributed by atoms with Crippen LogP contribution in [0.5, 0.6) is 0 Å². The molecule has 0 aromatic heterocycles. The first kappa shape index (κ1) is 40.9. The van der Waals surface area contributed by atoms with Crippen LogP contribution in [0.15, 0.2) is 0 Å². The maximum atomic E-state index is 12.3. The Morgan fingerprint density at radius 1 is 0.405 bits per heavy atom. The topological polar surface area (TPSA) is 74.6 Å². The Morgan fingerprint density at radius 2 is 0.690 bits per heavy atom. The molecule has 0 saturated heterocycles. The first-order chi connectivity index (χ1) is 20.5. The molecule has 4 nitrogen and oxygen atoms in total. The van der Waals surface area contributed by atoms with Crippen molar-refractivity contribution in [2.75, 3.05) is 0 Å². The zero-order chi connectivity index (χ0) is 30.9. The second-order valence-corrected chi connectivity index (χ2v) is 13.4. The molecule has 0 rings (SSSR count). The Kier molecular flexibility index (Phi) is 32.0. The van der Waals surface area contributed by atoms with Gasteiger partial charge in [-0.05, 0) is 31.6 Å². The van der Waals surface area contributed by atoms with Gasteiger partial charge in [-0.2, -0.15) is 0 Å². The molecule has 0 aliphatic carbocycles.